The molecule has 2 N–H and O–H groups in total. The molecule has 0 saturated carbocycles. The van der Waals surface area contributed by atoms with Crippen molar-refractivity contribution in [2.45, 2.75) is 38.6 Å². The van der Waals surface area contributed by atoms with Crippen molar-refractivity contribution in [1.29, 1.82) is 0 Å². The normalized spacial score (nSPS) is 22.5. The number of benzene rings is 1. The summed E-state index contributed by atoms with van der Waals surface area (Å²) in [6, 6.07) is 6.08. The highest BCUT2D eigenvalue weighted by Crippen LogP contribution is 2.30. The highest BCUT2D eigenvalue weighted by Gasteiger charge is 2.26. The van der Waals surface area contributed by atoms with Crippen LogP contribution in [0.5, 0.6) is 0 Å². The second-order valence-corrected chi connectivity index (χ2v) is 6.30. The summed E-state index contributed by atoms with van der Waals surface area (Å²) in [6.45, 7) is 4.22. The molecule has 20 heavy (non-hydrogen) atoms. The molecule has 0 unspecified atom stereocenters. The zero-order valence-corrected chi connectivity index (χ0v) is 14.1. The van der Waals surface area contributed by atoms with Crippen molar-refractivity contribution < 1.29 is 0 Å². The molecule has 1 heterocycles. The molecular formula is C15H23Cl3N2. The molecule has 5 heteroatoms. The fraction of sp³-hybridized carbons (Fsp3) is 0.600. The molecule has 0 spiro atoms. The van der Waals surface area contributed by atoms with Gasteiger partial charge in [-0.2, -0.15) is 0 Å². The lowest BCUT2D eigenvalue weighted by atomic mass is 9.88. The molecule has 1 aliphatic rings. The van der Waals surface area contributed by atoms with Gasteiger partial charge in [0.05, 0.1) is 0 Å². The monoisotopic (exact) mass is 336 g/mol. The van der Waals surface area contributed by atoms with Gasteiger partial charge in [-0.05, 0) is 37.0 Å². The largest absolute Gasteiger partial charge is 0.371 e. The van der Waals surface area contributed by atoms with Crippen LogP contribution in [0.2, 0.25) is 10.0 Å². The minimum Gasteiger partial charge on any atom is -0.371 e. The Morgan fingerprint density at radius 2 is 1.90 bits per heavy atom. The summed E-state index contributed by atoms with van der Waals surface area (Å²) in [4.78, 5) is 2.36. The van der Waals surface area contributed by atoms with Gasteiger partial charge >= 0.3 is 0 Å². The van der Waals surface area contributed by atoms with Gasteiger partial charge < -0.3 is 10.6 Å². The van der Waals surface area contributed by atoms with Crippen molar-refractivity contribution in [1.82, 2.24) is 0 Å². The summed E-state index contributed by atoms with van der Waals surface area (Å²) >= 11 is 12.2. The maximum atomic E-state index is 6.24. The Hall–Kier alpha value is -0.150. The lowest BCUT2D eigenvalue weighted by Gasteiger charge is -2.38. The number of hydrogen-bond donors (Lipinski definition) is 1. The molecule has 1 saturated heterocycles. The van der Waals surface area contributed by atoms with E-state index in [1.807, 2.05) is 12.1 Å². The van der Waals surface area contributed by atoms with Crippen LogP contribution in [0.4, 0.5) is 5.69 Å². The Labute approximate surface area is 138 Å². The molecule has 114 valence electrons. The first-order valence-electron chi connectivity index (χ1n) is 7.06. The van der Waals surface area contributed by atoms with Gasteiger partial charge in [0.25, 0.3) is 0 Å². The van der Waals surface area contributed by atoms with Crippen LogP contribution >= 0.6 is 35.6 Å². The van der Waals surface area contributed by atoms with E-state index in [0.29, 0.717) is 22.0 Å². The quantitative estimate of drug-likeness (QED) is 0.858. The lowest BCUT2D eigenvalue weighted by molar-refractivity contribution is 0.330. The van der Waals surface area contributed by atoms with Crippen LogP contribution in [0.1, 0.15) is 32.6 Å². The van der Waals surface area contributed by atoms with E-state index in [4.69, 9.17) is 28.9 Å². The van der Waals surface area contributed by atoms with Crippen LogP contribution in [0, 0.1) is 5.92 Å². The van der Waals surface area contributed by atoms with Crippen LogP contribution in [-0.2, 0) is 0 Å². The third-order valence-electron chi connectivity index (χ3n) is 3.93. The average Bonchev–Trinajstić information content (AvgIpc) is 2.36. The molecule has 2 nitrogen and oxygen atoms in total. The zero-order chi connectivity index (χ0) is 13.8. The summed E-state index contributed by atoms with van der Waals surface area (Å²) in [5.74, 6) is 0.575. The summed E-state index contributed by atoms with van der Waals surface area (Å²) in [5, 5.41) is 1.39. The number of rotatable bonds is 4. The molecule has 0 aliphatic carbocycles. The summed E-state index contributed by atoms with van der Waals surface area (Å²) in [7, 11) is 0. The van der Waals surface area contributed by atoms with Crippen molar-refractivity contribution >= 4 is 41.3 Å². The molecule has 2 rings (SSSR count). The highest BCUT2D eigenvalue weighted by molar-refractivity contribution is 6.35. The second kappa shape index (κ2) is 8.33. The third kappa shape index (κ3) is 4.70. The molecule has 0 amide bonds. The predicted molar refractivity (Wildman–Crippen MR) is 91.5 cm³/mol. The second-order valence-electron chi connectivity index (χ2n) is 5.43. The highest BCUT2D eigenvalue weighted by atomic mass is 35.5. The third-order valence-corrected chi connectivity index (χ3v) is 4.37. The van der Waals surface area contributed by atoms with Crippen molar-refractivity contribution in [2.24, 2.45) is 11.7 Å². The molecule has 0 aromatic heterocycles. The summed E-state index contributed by atoms with van der Waals surface area (Å²) in [6.07, 6.45) is 4.73. The molecule has 2 atom stereocenters. The first-order valence-corrected chi connectivity index (χ1v) is 7.82. The fourth-order valence-corrected chi connectivity index (χ4v) is 3.29. The zero-order valence-electron chi connectivity index (χ0n) is 11.8. The van der Waals surface area contributed by atoms with Gasteiger partial charge in [-0.15, -0.1) is 12.4 Å². The fourth-order valence-electron chi connectivity index (χ4n) is 2.78. The van der Waals surface area contributed by atoms with Crippen LogP contribution in [0.15, 0.2) is 18.2 Å². The van der Waals surface area contributed by atoms with Crippen molar-refractivity contribution in [3.8, 4) is 0 Å². The van der Waals surface area contributed by atoms with Gasteiger partial charge in [0.15, 0.2) is 0 Å². The molecule has 0 bridgehead atoms. The number of nitrogens with two attached hydrogens (primary N) is 1. The van der Waals surface area contributed by atoms with Crippen molar-refractivity contribution in [3.05, 3.63) is 28.2 Å². The van der Waals surface area contributed by atoms with Gasteiger partial charge in [0.1, 0.15) is 0 Å². The number of anilines is 1. The minimum atomic E-state index is 0. The molecule has 1 aromatic rings. The van der Waals surface area contributed by atoms with E-state index in [0.717, 1.165) is 25.2 Å². The Morgan fingerprint density at radius 1 is 1.25 bits per heavy atom. The average molecular weight is 338 g/mol. The minimum absolute atomic E-state index is 0. The molecular weight excluding hydrogens is 315 g/mol. The van der Waals surface area contributed by atoms with Gasteiger partial charge in [-0.25, -0.2) is 0 Å². The predicted octanol–water partition coefficient (Wildman–Crippen LogP) is 4.76. The number of hydrogen-bond acceptors (Lipinski definition) is 2. The molecule has 1 aromatic carbocycles. The topological polar surface area (TPSA) is 29.3 Å². The number of nitrogens with zero attached hydrogens (tertiary/aromatic N) is 1. The standard InChI is InChI=1S/C15H22Cl2N2.ClH/c1-2-3-4-11-10-19(6-5-15(11)18)14-8-12(16)7-13(17)9-14;/h7-9,11,15H,2-6,10,18H2,1H3;1H/t11-,15+;/m1./s1. The number of halogens is 3. The van der Waals surface area contributed by atoms with Crippen LogP contribution in [0.3, 0.4) is 0 Å². The number of unbranched alkanes of at least 4 members (excludes halogenated alkanes) is 1. The first kappa shape index (κ1) is 17.9. The van der Waals surface area contributed by atoms with E-state index in [1.54, 1.807) is 6.07 Å². The van der Waals surface area contributed by atoms with Gasteiger partial charge in [0.2, 0.25) is 0 Å². The van der Waals surface area contributed by atoms with Crippen LogP contribution < -0.4 is 10.6 Å². The van der Waals surface area contributed by atoms with E-state index < -0.39 is 0 Å². The maximum absolute atomic E-state index is 6.24. The van der Waals surface area contributed by atoms with Crippen LogP contribution in [0.25, 0.3) is 0 Å². The van der Waals surface area contributed by atoms with E-state index in [2.05, 4.69) is 11.8 Å². The Balaban J connectivity index is 0.00000200. The smallest absolute Gasteiger partial charge is 0.0441 e. The Kier molecular flexibility index (Phi) is 7.46. The summed E-state index contributed by atoms with van der Waals surface area (Å²) < 4.78 is 0. The molecule has 0 radical (unpaired) electrons. The van der Waals surface area contributed by atoms with Gasteiger partial charge in [-0.1, -0.05) is 43.0 Å². The van der Waals surface area contributed by atoms with E-state index in [-0.39, 0.29) is 12.4 Å². The van der Waals surface area contributed by atoms with Gasteiger partial charge in [-0.3, -0.25) is 0 Å². The van der Waals surface area contributed by atoms with Crippen molar-refractivity contribution in [2.75, 3.05) is 18.0 Å². The number of piperidine rings is 1. The maximum Gasteiger partial charge on any atom is 0.0441 e. The SMILES string of the molecule is CCCC[C@@H]1CN(c2cc(Cl)cc(Cl)c2)CC[C@@H]1N.Cl. The van der Waals surface area contributed by atoms with E-state index in [9.17, 15) is 0 Å². The van der Waals surface area contributed by atoms with Crippen molar-refractivity contribution in [3.63, 3.8) is 0 Å². The van der Waals surface area contributed by atoms with E-state index in [1.165, 1.54) is 19.3 Å². The Bertz CT molecular complexity index is 405. The Morgan fingerprint density at radius 3 is 2.50 bits per heavy atom. The first-order chi connectivity index (χ1) is 9.10. The summed E-state index contributed by atoms with van der Waals surface area (Å²) in [5.41, 5.74) is 7.36. The lowest BCUT2D eigenvalue weighted by Crippen LogP contribution is -2.47. The van der Waals surface area contributed by atoms with E-state index >= 15 is 0 Å². The van der Waals surface area contributed by atoms with Gasteiger partial charge in [0, 0.05) is 34.9 Å². The van der Waals surface area contributed by atoms with Crippen LogP contribution in [-0.4, -0.2) is 19.1 Å². The molecule has 1 fully saturated rings. The molecule has 1 aliphatic heterocycles.